The molecule has 0 radical (unpaired) electrons. The van der Waals surface area contributed by atoms with Crippen molar-refractivity contribution in [3.8, 4) is 0 Å². The second kappa shape index (κ2) is 11.2. The van der Waals surface area contributed by atoms with Gasteiger partial charge in [-0.25, -0.2) is 0 Å². The van der Waals surface area contributed by atoms with E-state index in [-0.39, 0.29) is 5.91 Å². The fourth-order valence-corrected chi connectivity index (χ4v) is 3.40. The van der Waals surface area contributed by atoms with Gasteiger partial charge in [-0.05, 0) is 76.2 Å². The third kappa shape index (κ3) is 7.45. The van der Waals surface area contributed by atoms with E-state index in [4.69, 9.17) is 5.73 Å². The lowest BCUT2D eigenvalue weighted by atomic mass is 9.90. The van der Waals surface area contributed by atoms with E-state index in [1.54, 1.807) is 0 Å². The maximum absolute atomic E-state index is 11.5. The zero-order valence-electron chi connectivity index (χ0n) is 14.9. The van der Waals surface area contributed by atoms with Crippen molar-refractivity contribution in [2.24, 2.45) is 11.7 Å². The predicted octanol–water partition coefficient (Wildman–Crippen LogP) is 2.58. The molecule has 2 rings (SSSR count). The summed E-state index contributed by atoms with van der Waals surface area (Å²) in [7, 11) is 0. The molecule has 0 unspecified atom stereocenters. The molecule has 1 aromatic rings. The highest BCUT2D eigenvalue weighted by molar-refractivity contribution is 5.75. The molecular weight excluding hydrogens is 298 g/mol. The molecule has 4 heteroatoms. The zero-order chi connectivity index (χ0) is 17.0. The topological polar surface area (TPSA) is 58.4 Å². The van der Waals surface area contributed by atoms with Crippen LogP contribution in [-0.2, 0) is 11.2 Å². The maximum atomic E-state index is 11.5. The number of hydrogen-bond acceptors (Lipinski definition) is 3. The number of carbonyl (C=O) groups is 1. The predicted molar refractivity (Wildman–Crippen MR) is 99.8 cm³/mol. The molecule has 0 aromatic heterocycles. The van der Waals surface area contributed by atoms with Crippen molar-refractivity contribution in [3.63, 3.8) is 0 Å². The Hall–Kier alpha value is -1.39. The highest BCUT2D eigenvalue weighted by Gasteiger charge is 2.18. The minimum atomic E-state index is 0.141. The first-order valence-corrected chi connectivity index (χ1v) is 9.51. The average molecular weight is 332 g/mol. The first-order chi connectivity index (χ1) is 11.8. The van der Waals surface area contributed by atoms with Crippen LogP contribution in [0.25, 0.3) is 0 Å². The van der Waals surface area contributed by atoms with Crippen molar-refractivity contribution < 1.29 is 4.79 Å². The fraction of sp³-hybridized carbons (Fsp3) is 0.650. The molecule has 1 saturated heterocycles. The second-order valence-corrected chi connectivity index (χ2v) is 6.92. The molecule has 0 spiro atoms. The number of nitrogens with one attached hydrogen (secondary N) is 1. The molecule has 134 valence electrons. The lowest BCUT2D eigenvalue weighted by molar-refractivity contribution is -0.121. The van der Waals surface area contributed by atoms with E-state index >= 15 is 0 Å². The molecule has 0 saturated carbocycles. The van der Waals surface area contributed by atoms with Crippen LogP contribution in [0.1, 0.15) is 44.1 Å². The molecule has 1 aliphatic heterocycles. The quantitative estimate of drug-likeness (QED) is 0.648. The number of nitrogens with two attached hydrogens (primary N) is 1. The summed E-state index contributed by atoms with van der Waals surface area (Å²) in [6.45, 7) is 5.00. The monoisotopic (exact) mass is 331 g/mol. The lowest BCUT2D eigenvalue weighted by Gasteiger charge is -2.32. The molecular formula is C20H33N3O. The average Bonchev–Trinajstić information content (AvgIpc) is 2.62. The van der Waals surface area contributed by atoms with E-state index in [2.05, 4.69) is 40.5 Å². The highest BCUT2D eigenvalue weighted by atomic mass is 16.1. The van der Waals surface area contributed by atoms with Gasteiger partial charge in [0.1, 0.15) is 0 Å². The summed E-state index contributed by atoms with van der Waals surface area (Å²) >= 11 is 0. The Morgan fingerprint density at radius 3 is 2.58 bits per heavy atom. The third-order valence-electron chi connectivity index (χ3n) is 4.91. The van der Waals surface area contributed by atoms with Crippen LogP contribution >= 0.6 is 0 Å². The molecule has 24 heavy (non-hydrogen) atoms. The number of hydrogen-bond donors (Lipinski definition) is 2. The van der Waals surface area contributed by atoms with Gasteiger partial charge < -0.3 is 16.0 Å². The van der Waals surface area contributed by atoms with Gasteiger partial charge in [0.2, 0.25) is 5.91 Å². The van der Waals surface area contributed by atoms with Crippen molar-refractivity contribution in [2.75, 3.05) is 32.7 Å². The molecule has 4 nitrogen and oxygen atoms in total. The van der Waals surface area contributed by atoms with Crippen molar-refractivity contribution in [2.45, 2.75) is 44.9 Å². The number of nitrogens with zero attached hydrogens (tertiary/aromatic N) is 1. The second-order valence-electron chi connectivity index (χ2n) is 6.92. The summed E-state index contributed by atoms with van der Waals surface area (Å²) in [6, 6.07) is 10.9. The minimum Gasteiger partial charge on any atom is -0.356 e. The molecule has 0 bridgehead atoms. The van der Waals surface area contributed by atoms with Gasteiger partial charge in [-0.2, -0.15) is 0 Å². The van der Waals surface area contributed by atoms with Crippen LogP contribution in [0.15, 0.2) is 30.3 Å². The van der Waals surface area contributed by atoms with Crippen LogP contribution in [-0.4, -0.2) is 43.5 Å². The molecule has 1 heterocycles. The van der Waals surface area contributed by atoms with Gasteiger partial charge >= 0.3 is 0 Å². The summed E-state index contributed by atoms with van der Waals surface area (Å²) in [5, 5.41) is 2.98. The summed E-state index contributed by atoms with van der Waals surface area (Å²) in [6.07, 6.45) is 7.42. The van der Waals surface area contributed by atoms with E-state index in [0.29, 0.717) is 13.0 Å². The minimum absolute atomic E-state index is 0.141. The summed E-state index contributed by atoms with van der Waals surface area (Å²) in [4.78, 5) is 14.1. The Morgan fingerprint density at radius 2 is 1.88 bits per heavy atom. The Labute approximate surface area is 146 Å². The standard InChI is InChI=1S/C20H33N3O/c21-12-6-9-20(24)22-13-4-5-14-23-15-10-19(11-16-23)17-18-7-2-1-3-8-18/h1-3,7-8,19H,4-6,9-17,21H2,(H,22,24). The van der Waals surface area contributed by atoms with Gasteiger partial charge in [-0.1, -0.05) is 30.3 Å². The van der Waals surface area contributed by atoms with Gasteiger partial charge in [0.25, 0.3) is 0 Å². The Bertz CT molecular complexity index is 455. The fourth-order valence-electron chi connectivity index (χ4n) is 3.40. The summed E-state index contributed by atoms with van der Waals surface area (Å²) in [5.74, 6) is 0.979. The zero-order valence-corrected chi connectivity index (χ0v) is 14.9. The van der Waals surface area contributed by atoms with E-state index in [9.17, 15) is 4.79 Å². The molecule has 1 aliphatic rings. The van der Waals surface area contributed by atoms with E-state index in [1.807, 2.05) is 0 Å². The molecule has 0 atom stereocenters. The van der Waals surface area contributed by atoms with Crippen LogP contribution in [0.4, 0.5) is 0 Å². The largest absolute Gasteiger partial charge is 0.356 e. The maximum Gasteiger partial charge on any atom is 0.220 e. The Kier molecular flexibility index (Phi) is 8.85. The number of rotatable bonds is 10. The third-order valence-corrected chi connectivity index (χ3v) is 4.91. The van der Waals surface area contributed by atoms with E-state index in [0.717, 1.165) is 31.8 Å². The molecule has 1 fully saturated rings. The number of piperidine rings is 1. The number of unbranched alkanes of at least 4 members (excludes halogenated alkanes) is 1. The highest BCUT2D eigenvalue weighted by Crippen LogP contribution is 2.21. The van der Waals surface area contributed by atoms with Crippen LogP contribution < -0.4 is 11.1 Å². The van der Waals surface area contributed by atoms with Crippen LogP contribution in [0.2, 0.25) is 0 Å². The van der Waals surface area contributed by atoms with Gasteiger partial charge in [-0.15, -0.1) is 0 Å². The Morgan fingerprint density at radius 1 is 1.12 bits per heavy atom. The van der Waals surface area contributed by atoms with Gasteiger partial charge in [0.05, 0.1) is 0 Å². The van der Waals surface area contributed by atoms with Crippen molar-refractivity contribution in [3.05, 3.63) is 35.9 Å². The van der Waals surface area contributed by atoms with Crippen molar-refractivity contribution >= 4 is 5.91 Å². The van der Waals surface area contributed by atoms with E-state index in [1.165, 1.54) is 44.3 Å². The number of carbonyl (C=O) groups excluding carboxylic acids is 1. The van der Waals surface area contributed by atoms with Crippen molar-refractivity contribution in [1.82, 2.24) is 10.2 Å². The Balaban J connectivity index is 1.50. The van der Waals surface area contributed by atoms with Crippen LogP contribution in [0.5, 0.6) is 0 Å². The van der Waals surface area contributed by atoms with Crippen LogP contribution in [0.3, 0.4) is 0 Å². The molecule has 1 aromatic carbocycles. The van der Waals surface area contributed by atoms with Crippen LogP contribution in [0, 0.1) is 5.92 Å². The lowest BCUT2D eigenvalue weighted by Crippen LogP contribution is -2.35. The van der Waals surface area contributed by atoms with Gasteiger partial charge in [0.15, 0.2) is 0 Å². The summed E-state index contributed by atoms with van der Waals surface area (Å²) in [5.41, 5.74) is 6.88. The summed E-state index contributed by atoms with van der Waals surface area (Å²) < 4.78 is 0. The SMILES string of the molecule is NCCCC(=O)NCCCCN1CCC(Cc2ccccc2)CC1. The van der Waals surface area contributed by atoms with Gasteiger partial charge in [-0.3, -0.25) is 4.79 Å². The number of amides is 1. The first kappa shape index (κ1) is 18.9. The molecule has 1 amide bonds. The molecule has 3 N–H and O–H groups in total. The normalized spacial score (nSPS) is 16.2. The smallest absolute Gasteiger partial charge is 0.220 e. The number of likely N-dealkylation sites (tertiary alicyclic amines) is 1. The molecule has 0 aliphatic carbocycles. The first-order valence-electron chi connectivity index (χ1n) is 9.51. The van der Waals surface area contributed by atoms with Gasteiger partial charge in [0, 0.05) is 13.0 Å². The van der Waals surface area contributed by atoms with Crippen molar-refractivity contribution in [1.29, 1.82) is 0 Å². The number of benzene rings is 1. The van der Waals surface area contributed by atoms with E-state index < -0.39 is 0 Å².